The zero-order chi connectivity index (χ0) is 22.6. The van der Waals surface area contributed by atoms with Crippen molar-refractivity contribution in [2.45, 2.75) is 70.3 Å². The highest BCUT2D eigenvalue weighted by Crippen LogP contribution is 2.60. The smallest absolute Gasteiger partial charge is 0.259 e. The Hall–Kier alpha value is -1.87. The van der Waals surface area contributed by atoms with Crippen LogP contribution in [0.25, 0.3) is 10.2 Å². The number of nitrogens with zero attached hydrogens (tertiary/aromatic N) is 1. The van der Waals surface area contributed by atoms with E-state index < -0.39 is 0 Å². The number of hydrazine groups is 1. The summed E-state index contributed by atoms with van der Waals surface area (Å²) in [6, 6.07) is 0. The maximum Gasteiger partial charge on any atom is 0.259 e. The van der Waals surface area contributed by atoms with Gasteiger partial charge in [0.2, 0.25) is 5.91 Å². The van der Waals surface area contributed by atoms with Gasteiger partial charge in [0.15, 0.2) is 0 Å². The van der Waals surface area contributed by atoms with Gasteiger partial charge in [0.25, 0.3) is 11.5 Å². The number of hydrogen-bond acceptors (Lipinski definition) is 6. The molecule has 4 bridgehead atoms. The van der Waals surface area contributed by atoms with Crippen molar-refractivity contribution < 1.29 is 9.59 Å². The molecule has 4 saturated carbocycles. The van der Waals surface area contributed by atoms with Crippen LogP contribution in [0.2, 0.25) is 0 Å². The van der Waals surface area contributed by atoms with Crippen molar-refractivity contribution in [2.75, 3.05) is 0 Å². The number of carbonyl (C=O) groups is 2. The van der Waals surface area contributed by atoms with E-state index in [1.165, 1.54) is 42.4 Å². The Balaban J connectivity index is 1.16. The molecule has 2 heterocycles. The highest BCUT2D eigenvalue weighted by molar-refractivity contribution is 7.99. The molecule has 0 saturated heterocycles. The Kier molecular flexibility index (Phi) is 5.60. The summed E-state index contributed by atoms with van der Waals surface area (Å²) < 4.78 is 0. The number of aromatic amines is 1. The van der Waals surface area contributed by atoms with Gasteiger partial charge in [-0.1, -0.05) is 0 Å². The molecule has 0 spiro atoms. The van der Waals surface area contributed by atoms with E-state index in [0.29, 0.717) is 34.7 Å². The van der Waals surface area contributed by atoms with E-state index >= 15 is 0 Å². The van der Waals surface area contributed by atoms with Crippen LogP contribution in [-0.4, -0.2) is 27.0 Å². The number of amides is 2. The molecule has 0 aromatic carbocycles. The number of fused-ring (bicyclic) bond motifs is 1. The highest BCUT2D eigenvalue weighted by Gasteiger charge is 2.54. The van der Waals surface area contributed by atoms with E-state index in [9.17, 15) is 14.4 Å². The summed E-state index contributed by atoms with van der Waals surface area (Å²) in [7, 11) is 0. The van der Waals surface area contributed by atoms with Gasteiger partial charge < -0.3 is 4.98 Å². The lowest BCUT2D eigenvalue weighted by molar-refractivity contribution is -0.148. The van der Waals surface area contributed by atoms with Gasteiger partial charge in [0, 0.05) is 4.88 Å². The molecule has 0 unspecified atom stereocenters. The molecule has 6 rings (SSSR count). The summed E-state index contributed by atoms with van der Waals surface area (Å²) in [4.78, 5) is 47.3. The van der Waals surface area contributed by atoms with Gasteiger partial charge in [-0.2, -0.15) is 0 Å². The average Bonchev–Trinajstić information content (AvgIpc) is 3.02. The molecule has 4 aliphatic rings. The number of aromatic nitrogens is 2. The van der Waals surface area contributed by atoms with Gasteiger partial charge in [0.05, 0.1) is 21.8 Å². The summed E-state index contributed by atoms with van der Waals surface area (Å²) in [6.45, 7) is 5.72. The number of thioether (sulfide) groups is 1. The second-order valence-electron chi connectivity index (χ2n) is 10.1. The largest absolute Gasteiger partial charge is 0.309 e. The van der Waals surface area contributed by atoms with Crippen molar-refractivity contribution in [1.82, 2.24) is 20.8 Å². The van der Waals surface area contributed by atoms with Crippen LogP contribution in [0, 0.1) is 37.0 Å². The molecular formula is C23H30N4O3S2. The summed E-state index contributed by atoms with van der Waals surface area (Å²) in [6.07, 6.45) is 6.73. The zero-order valence-electron chi connectivity index (χ0n) is 18.7. The van der Waals surface area contributed by atoms with Crippen LogP contribution >= 0.6 is 23.1 Å². The molecule has 9 heteroatoms. The Morgan fingerprint density at radius 3 is 2.41 bits per heavy atom. The number of thiophene rings is 1. The van der Waals surface area contributed by atoms with Gasteiger partial charge in [-0.05, 0) is 82.6 Å². The summed E-state index contributed by atoms with van der Waals surface area (Å²) in [5.74, 6) is 2.77. The van der Waals surface area contributed by atoms with Crippen LogP contribution in [0.1, 0.15) is 61.7 Å². The van der Waals surface area contributed by atoms with Crippen LogP contribution in [0.4, 0.5) is 0 Å². The Bertz CT molecular complexity index is 1100. The Morgan fingerprint density at radius 2 is 1.78 bits per heavy atom. The second kappa shape index (κ2) is 8.17. The Labute approximate surface area is 195 Å². The second-order valence-corrected chi connectivity index (χ2v) is 12.6. The molecule has 32 heavy (non-hydrogen) atoms. The third-order valence-corrected chi connectivity index (χ3v) is 10.0. The predicted molar refractivity (Wildman–Crippen MR) is 127 cm³/mol. The van der Waals surface area contributed by atoms with Crippen LogP contribution in [0.5, 0.6) is 0 Å². The SMILES string of the molecule is Cc1sc2nc(CS[C@@H](C)C(=O)NNC(=O)C34CC5CC(CC(C5)C3)C4)[nH]c(=O)c2c1C. The zero-order valence-corrected chi connectivity index (χ0v) is 20.4. The van der Waals surface area contributed by atoms with Crippen molar-refractivity contribution in [3.05, 3.63) is 26.6 Å². The van der Waals surface area contributed by atoms with Crippen molar-refractivity contribution in [2.24, 2.45) is 23.2 Å². The van der Waals surface area contributed by atoms with Gasteiger partial charge >= 0.3 is 0 Å². The standard InChI is InChI=1S/C23H30N4O3S2/c1-11-12(2)32-21-18(11)20(29)24-17(25-21)10-31-13(3)19(28)26-27-22(30)23-7-14-4-15(8-23)6-16(5-14)9-23/h13-16H,4-10H2,1-3H3,(H,26,28)(H,27,30)(H,24,25,29)/t13-,14?,15?,16?,23?/m0/s1. The lowest BCUT2D eigenvalue weighted by Gasteiger charge is -2.55. The van der Waals surface area contributed by atoms with Gasteiger partial charge in [-0.25, -0.2) is 4.98 Å². The fraction of sp³-hybridized carbons (Fsp3) is 0.652. The number of hydrogen-bond donors (Lipinski definition) is 3. The third kappa shape index (κ3) is 3.87. The summed E-state index contributed by atoms with van der Waals surface area (Å²) in [5, 5.41) is 0.263. The van der Waals surface area contributed by atoms with Gasteiger partial charge in [-0.3, -0.25) is 25.2 Å². The normalized spacial score (nSPS) is 29.3. The number of rotatable bonds is 5. The van der Waals surface area contributed by atoms with Crippen LogP contribution < -0.4 is 16.4 Å². The topological polar surface area (TPSA) is 104 Å². The van der Waals surface area contributed by atoms with Gasteiger partial charge in [0.1, 0.15) is 10.7 Å². The Morgan fingerprint density at radius 1 is 1.16 bits per heavy atom. The first-order chi connectivity index (χ1) is 15.2. The number of aryl methyl sites for hydroxylation is 2. The lowest BCUT2D eigenvalue weighted by Crippen LogP contribution is -2.57. The quantitative estimate of drug-likeness (QED) is 0.575. The molecule has 1 atom stereocenters. The monoisotopic (exact) mass is 474 g/mol. The minimum atomic E-state index is -0.389. The van der Waals surface area contributed by atoms with Crippen molar-refractivity contribution in [3.63, 3.8) is 0 Å². The van der Waals surface area contributed by atoms with Crippen LogP contribution in [0.3, 0.4) is 0 Å². The van der Waals surface area contributed by atoms with E-state index in [1.54, 1.807) is 6.92 Å². The highest BCUT2D eigenvalue weighted by atomic mass is 32.2. The molecule has 2 amide bonds. The molecular weight excluding hydrogens is 444 g/mol. The van der Waals surface area contributed by atoms with E-state index in [1.807, 2.05) is 13.8 Å². The first kappa shape index (κ1) is 21.9. The molecule has 7 nitrogen and oxygen atoms in total. The minimum absolute atomic E-state index is 0.0120. The molecule has 4 aliphatic carbocycles. The van der Waals surface area contributed by atoms with E-state index in [2.05, 4.69) is 20.8 Å². The fourth-order valence-corrected chi connectivity index (χ4v) is 8.19. The molecule has 0 aliphatic heterocycles. The molecule has 3 N–H and O–H groups in total. The molecule has 4 fully saturated rings. The number of nitrogens with one attached hydrogen (secondary N) is 3. The van der Waals surface area contributed by atoms with Gasteiger partial charge in [-0.15, -0.1) is 23.1 Å². The van der Waals surface area contributed by atoms with E-state index in [-0.39, 0.29) is 28.0 Å². The maximum absolute atomic E-state index is 13.0. The average molecular weight is 475 g/mol. The predicted octanol–water partition coefficient (Wildman–Crippen LogP) is 3.59. The lowest BCUT2D eigenvalue weighted by atomic mass is 9.49. The molecule has 2 aromatic heterocycles. The summed E-state index contributed by atoms with van der Waals surface area (Å²) >= 11 is 2.90. The number of carbonyl (C=O) groups excluding carboxylic acids is 2. The summed E-state index contributed by atoms with van der Waals surface area (Å²) in [5.41, 5.74) is 5.94. The van der Waals surface area contributed by atoms with E-state index in [4.69, 9.17) is 0 Å². The van der Waals surface area contributed by atoms with Crippen molar-refractivity contribution in [3.8, 4) is 0 Å². The van der Waals surface area contributed by atoms with Crippen molar-refractivity contribution >= 4 is 45.1 Å². The number of H-pyrrole nitrogens is 1. The molecule has 172 valence electrons. The maximum atomic E-state index is 13.0. The first-order valence-corrected chi connectivity index (χ1v) is 13.3. The van der Waals surface area contributed by atoms with Crippen LogP contribution in [0.15, 0.2) is 4.79 Å². The molecule has 2 aromatic rings. The third-order valence-electron chi connectivity index (χ3n) is 7.75. The van der Waals surface area contributed by atoms with Crippen LogP contribution in [-0.2, 0) is 15.3 Å². The fourth-order valence-electron chi connectivity index (χ4n) is 6.39. The van der Waals surface area contributed by atoms with Crippen molar-refractivity contribution in [1.29, 1.82) is 0 Å². The first-order valence-electron chi connectivity index (χ1n) is 11.4. The molecule has 0 radical (unpaired) electrons. The van der Waals surface area contributed by atoms with E-state index in [0.717, 1.165) is 34.5 Å². The minimum Gasteiger partial charge on any atom is -0.309 e.